The van der Waals surface area contributed by atoms with E-state index < -0.39 is 0 Å². The summed E-state index contributed by atoms with van der Waals surface area (Å²) in [7, 11) is 0. The lowest BCUT2D eigenvalue weighted by molar-refractivity contribution is -0.0172. The van der Waals surface area contributed by atoms with Crippen LogP contribution in [0.4, 0.5) is 4.39 Å². The van der Waals surface area contributed by atoms with Crippen molar-refractivity contribution in [2.45, 2.75) is 33.0 Å². The maximum Gasteiger partial charge on any atom is 0.192 e. The number of ether oxygens (including phenoxy) is 2. The molecule has 0 aromatic heterocycles. The molecule has 0 spiro atoms. The van der Waals surface area contributed by atoms with Crippen LogP contribution in [0.1, 0.15) is 36.6 Å². The van der Waals surface area contributed by atoms with E-state index in [1.165, 1.54) is 17.7 Å². The first-order valence-electron chi connectivity index (χ1n) is 8.79. The molecule has 0 fully saturated rings. The van der Waals surface area contributed by atoms with E-state index in [2.05, 4.69) is 34.7 Å². The summed E-state index contributed by atoms with van der Waals surface area (Å²) in [5, 5.41) is 6.61. The zero-order valence-electron chi connectivity index (χ0n) is 15.5. The molecule has 2 aromatic rings. The van der Waals surface area contributed by atoms with Gasteiger partial charge in [-0.3, -0.25) is 0 Å². The van der Waals surface area contributed by atoms with Crippen molar-refractivity contribution in [2.24, 2.45) is 4.99 Å². The van der Waals surface area contributed by atoms with Crippen LogP contribution >= 0.6 is 24.0 Å². The number of fused-ring (bicyclic) bond motifs is 1. The summed E-state index contributed by atoms with van der Waals surface area (Å²) in [5.74, 6) is 1.04. The highest BCUT2D eigenvalue weighted by Crippen LogP contribution is 2.29. The van der Waals surface area contributed by atoms with Crippen LogP contribution in [0.3, 0.4) is 0 Å². The lowest BCUT2D eigenvalue weighted by Crippen LogP contribution is -2.38. The maximum atomic E-state index is 13.9. The van der Waals surface area contributed by atoms with Crippen LogP contribution in [0.5, 0.6) is 5.75 Å². The third kappa shape index (κ3) is 5.80. The molecule has 1 atom stereocenters. The molecule has 2 aromatic carbocycles. The third-order valence-electron chi connectivity index (χ3n) is 4.16. The van der Waals surface area contributed by atoms with Gasteiger partial charge in [0.15, 0.2) is 12.8 Å². The van der Waals surface area contributed by atoms with Crippen LogP contribution in [-0.4, -0.2) is 19.3 Å². The number of nitrogens with one attached hydrogen (secondary N) is 2. The van der Waals surface area contributed by atoms with Gasteiger partial charge in [-0.05, 0) is 31.5 Å². The molecule has 1 unspecified atom stereocenters. The molecule has 0 bridgehead atoms. The Morgan fingerprint density at radius 2 is 2.04 bits per heavy atom. The van der Waals surface area contributed by atoms with Gasteiger partial charge in [-0.15, -0.1) is 24.0 Å². The molecule has 0 aliphatic carbocycles. The molecule has 5 nitrogen and oxygen atoms in total. The minimum Gasteiger partial charge on any atom is -0.467 e. The molecular formula is C20H25FIN3O2. The van der Waals surface area contributed by atoms with Crippen molar-refractivity contribution in [2.75, 3.05) is 13.3 Å². The molecule has 3 rings (SSSR count). The summed E-state index contributed by atoms with van der Waals surface area (Å²) >= 11 is 0. The Hall–Kier alpha value is -1.87. The standard InChI is InChI=1S/C20H24FN3O2.HI/c1-3-22-20(24-14(2)15-7-5-4-6-8-15)23-11-16-9-18(21)10-17-12-25-13-26-19(16)17;/h4-10,14H,3,11-13H2,1-2H3,(H2,22,23,24);1H. The zero-order chi connectivity index (χ0) is 18.4. The molecule has 0 amide bonds. The molecule has 146 valence electrons. The predicted octanol–water partition coefficient (Wildman–Crippen LogP) is 4.13. The fourth-order valence-corrected chi connectivity index (χ4v) is 2.89. The summed E-state index contributed by atoms with van der Waals surface area (Å²) in [6, 6.07) is 13.2. The molecule has 1 aliphatic heterocycles. The normalized spacial score (nSPS) is 14.4. The fraction of sp³-hybridized carbons (Fsp3) is 0.350. The minimum absolute atomic E-state index is 0. The van der Waals surface area contributed by atoms with E-state index in [0.717, 1.165) is 12.1 Å². The SMILES string of the molecule is CCNC(=NCc1cc(F)cc2c1OCOC2)NC(C)c1ccccc1.I. The van der Waals surface area contributed by atoms with Crippen LogP contribution in [0.2, 0.25) is 0 Å². The van der Waals surface area contributed by atoms with E-state index in [-0.39, 0.29) is 42.6 Å². The fourth-order valence-electron chi connectivity index (χ4n) is 2.89. The Morgan fingerprint density at radius 3 is 2.78 bits per heavy atom. The van der Waals surface area contributed by atoms with Crippen LogP contribution in [0.25, 0.3) is 0 Å². The molecule has 2 N–H and O–H groups in total. The highest BCUT2D eigenvalue weighted by Gasteiger charge is 2.17. The van der Waals surface area contributed by atoms with Crippen LogP contribution in [0, 0.1) is 5.82 Å². The minimum atomic E-state index is -0.307. The number of rotatable bonds is 5. The first-order valence-corrected chi connectivity index (χ1v) is 8.79. The summed E-state index contributed by atoms with van der Waals surface area (Å²) in [5.41, 5.74) is 2.60. The predicted molar refractivity (Wildman–Crippen MR) is 115 cm³/mol. The molecule has 1 heterocycles. The van der Waals surface area contributed by atoms with E-state index in [9.17, 15) is 4.39 Å². The number of hydrogen-bond acceptors (Lipinski definition) is 3. The Bertz CT molecular complexity index is 771. The van der Waals surface area contributed by atoms with E-state index in [4.69, 9.17) is 9.47 Å². The Kier molecular flexibility index (Phi) is 8.30. The van der Waals surface area contributed by atoms with Gasteiger partial charge in [-0.2, -0.15) is 0 Å². The third-order valence-corrected chi connectivity index (χ3v) is 4.16. The van der Waals surface area contributed by atoms with Crippen molar-refractivity contribution in [3.05, 3.63) is 65.0 Å². The smallest absolute Gasteiger partial charge is 0.192 e. The summed E-state index contributed by atoms with van der Waals surface area (Å²) < 4.78 is 24.6. The van der Waals surface area contributed by atoms with E-state index in [1.807, 2.05) is 25.1 Å². The zero-order valence-corrected chi connectivity index (χ0v) is 17.8. The average molecular weight is 485 g/mol. The van der Waals surface area contributed by atoms with Gasteiger partial charge in [-0.1, -0.05) is 30.3 Å². The molecule has 0 radical (unpaired) electrons. The van der Waals surface area contributed by atoms with Crippen molar-refractivity contribution in [3.8, 4) is 5.75 Å². The van der Waals surface area contributed by atoms with Crippen molar-refractivity contribution in [3.63, 3.8) is 0 Å². The summed E-state index contributed by atoms with van der Waals surface area (Å²) in [4.78, 5) is 4.61. The van der Waals surface area contributed by atoms with Gasteiger partial charge in [0.25, 0.3) is 0 Å². The highest BCUT2D eigenvalue weighted by atomic mass is 127. The van der Waals surface area contributed by atoms with Crippen LogP contribution in [0.15, 0.2) is 47.5 Å². The lowest BCUT2D eigenvalue weighted by Gasteiger charge is -2.21. The van der Waals surface area contributed by atoms with Crippen molar-refractivity contribution >= 4 is 29.9 Å². The van der Waals surface area contributed by atoms with Gasteiger partial charge in [0.1, 0.15) is 11.6 Å². The molecule has 1 aliphatic rings. The van der Waals surface area contributed by atoms with E-state index in [0.29, 0.717) is 30.4 Å². The molecule has 27 heavy (non-hydrogen) atoms. The van der Waals surface area contributed by atoms with Crippen LogP contribution < -0.4 is 15.4 Å². The highest BCUT2D eigenvalue weighted by molar-refractivity contribution is 14.0. The monoisotopic (exact) mass is 485 g/mol. The van der Waals surface area contributed by atoms with Gasteiger partial charge in [0.05, 0.1) is 19.2 Å². The molecule has 0 saturated heterocycles. The van der Waals surface area contributed by atoms with Crippen molar-refractivity contribution < 1.29 is 13.9 Å². The summed E-state index contributed by atoms with van der Waals surface area (Å²) in [6.07, 6.45) is 0. The van der Waals surface area contributed by atoms with Gasteiger partial charge < -0.3 is 20.1 Å². The number of hydrogen-bond donors (Lipinski definition) is 2. The maximum absolute atomic E-state index is 13.9. The van der Waals surface area contributed by atoms with Crippen LogP contribution in [-0.2, 0) is 17.9 Å². The molecular weight excluding hydrogens is 460 g/mol. The number of halogens is 2. The van der Waals surface area contributed by atoms with Gasteiger partial charge >= 0.3 is 0 Å². The van der Waals surface area contributed by atoms with E-state index >= 15 is 0 Å². The summed E-state index contributed by atoms with van der Waals surface area (Å²) in [6.45, 7) is 5.67. The number of nitrogens with zero attached hydrogens (tertiary/aromatic N) is 1. The number of aliphatic imine (C=N–C) groups is 1. The second-order valence-corrected chi connectivity index (χ2v) is 6.14. The van der Waals surface area contributed by atoms with Crippen molar-refractivity contribution in [1.29, 1.82) is 0 Å². The Balaban J connectivity index is 0.00000261. The first-order chi connectivity index (χ1) is 12.7. The number of benzene rings is 2. The van der Waals surface area contributed by atoms with Gasteiger partial charge in [0.2, 0.25) is 0 Å². The quantitative estimate of drug-likeness (QED) is 0.380. The topological polar surface area (TPSA) is 54.9 Å². The number of guanidine groups is 1. The lowest BCUT2D eigenvalue weighted by atomic mass is 10.1. The molecule has 0 saturated carbocycles. The van der Waals surface area contributed by atoms with Gasteiger partial charge in [-0.25, -0.2) is 9.38 Å². The average Bonchev–Trinajstić information content (AvgIpc) is 2.66. The Labute approximate surface area is 176 Å². The first kappa shape index (κ1) is 21.4. The van der Waals surface area contributed by atoms with Gasteiger partial charge in [0, 0.05) is 17.7 Å². The van der Waals surface area contributed by atoms with E-state index in [1.54, 1.807) is 0 Å². The molecule has 7 heteroatoms. The largest absolute Gasteiger partial charge is 0.467 e. The van der Waals surface area contributed by atoms with Crippen molar-refractivity contribution in [1.82, 2.24) is 10.6 Å². The second kappa shape index (κ2) is 10.5. The second-order valence-electron chi connectivity index (χ2n) is 6.14. The Morgan fingerprint density at radius 1 is 1.26 bits per heavy atom.